The summed E-state index contributed by atoms with van der Waals surface area (Å²) in [5, 5.41) is 0.767. The Morgan fingerprint density at radius 2 is 2.47 bits per heavy atom. The van der Waals surface area contributed by atoms with Crippen molar-refractivity contribution in [3.05, 3.63) is 28.5 Å². The van der Waals surface area contributed by atoms with E-state index in [1.165, 1.54) is 0 Å². The van der Waals surface area contributed by atoms with Gasteiger partial charge in [-0.15, -0.1) is 0 Å². The fraction of sp³-hybridized carbons (Fsp3) is 0.200. The highest BCUT2D eigenvalue weighted by Gasteiger charge is 2.13. The average Bonchev–Trinajstić information content (AvgIpc) is 2.60. The first kappa shape index (κ1) is 10.2. The van der Waals surface area contributed by atoms with Gasteiger partial charge >= 0.3 is 5.97 Å². The summed E-state index contributed by atoms with van der Waals surface area (Å²) in [4.78, 5) is 18.6. The van der Waals surface area contributed by atoms with Crippen LogP contribution in [-0.4, -0.2) is 22.5 Å². The number of ether oxygens (including phenoxy) is 1. The number of aromatic nitrogens is 2. The number of H-pyrrole nitrogens is 1. The van der Waals surface area contributed by atoms with Gasteiger partial charge in [-0.05, 0) is 28.9 Å². The molecular formula is C10H9BrN2O2. The number of rotatable bonds is 2. The molecule has 0 radical (unpaired) electrons. The van der Waals surface area contributed by atoms with Gasteiger partial charge in [0.1, 0.15) is 5.65 Å². The molecule has 0 aliphatic carbocycles. The highest BCUT2D eigenvalue weighted by molar-refractivity contribution is 9.10. The summed E-state index contributed by atoms with van der Waals surface area (Å²) >= 11 is 3.31. The first-order valence-corrected chi connectivity index (χ1v) is 5.31. The van der Waals surface area contributed by atoms with Crippen LogP contribution >= 0.6 is 15.9 Å². The maximum Gasteiger partial charge on any atom is 0.340 e. The van der Waals surface area contributed by atoms with E-state index in [2.05, 4.69) is 25.9 Å². The number of hydrogen-bond donors (Lipinski definition) is 1. The lowest BCUT2D eigenvalue weighted by Crippen LogP contribution is -2.03. The molecule has 2 heterocycles. The quantitative estimate of drug-likeness (QED) is 0.852. The van der Waals surface area contributed by atoms with Crippen LogP contribution in [0, 0.1) is 0 Å². The number of esters is 1. The number of carbonyl (C=O) groups excluding carboxylic acids is 1. The fourth-order valence-corrected chi connectivity index (χ4v) is 1.69. The minimum absolute atomic E-state index is 0.330. The van der Waals surface area contributed by atoms with Crippen LogP contribution in [0.4, 0.5) is 0 Å². The van der Waals surface area contributed by atoms with Crippen molar-refractivity contribution < 1.29 is 9.53 Å². The largest absolute Gasteiger partial charge is 0.462 e. The number of nitrogens with one attached hydrogen (secondary N) is 1. The third-order valence-corrected chi connectivity index (χ3v) is 2.43. The van der Waals surface area contributed by atoms with E-state index >= 15 is 0 Å². The van der Waals surface area contributed by atoms with Gasteiger partial charge in [0.15, 0.2) is 0 Å². The molecule has 2 aromatic rings. The van der Waals surface area contributed by atoms with Crippen molar-refractivity contribution in [2.24, 2.45) is 0 Å². The van der Waals surface area contributed by atoms with E-state index in [1.807, 2.05) is 6.07 Å². The van der Waals surface area contributed by atoms with Gasteiger partial charge in [-0.2, -0.15) is 0 Å². The summed E-state index contributed by atoms with van der Waals surface area (Å²) in [7, 11) is 0. The van der Waals surface area contributed by atoms with Gasteiger partial charge in [-0.1, -0.05) is 0 Å². The van der Waals surface area contributed by atoms with Crippen LogP contribution in [0.1, 0.15) is 17.3 Å². The number of fused-ring (bicyclic) bond motifs is 1. The molecule has 4 nitrogen and oxygen atoms in total. The van der Waals surface area contributed by atoms with Crippen LogP contribution < -0.4 is 0 Å². The fourth-order valence-electron chi connectivity index (χ4n) is 1.36. The number of halogens is 1. The molecule has 1 N–H and O–H groups in total. The Labute approximate surface area is 94.8 Å². The second kappa shape index (κ2) is 4.02. The number of hydrogen-bond acceptors (Lipinski definition) is 3. The van der Waals surface area contributed by atoms with Gasteiger partial charge < -0.3 is 9.72 Å². The average molecular weight is 269 g/mol. The van der Waals surface area contributed by atoms with Crippen LogP contribution in [0.15, 0.2) is 22.9 Å². The standard InChI is InChI=1S/C10H9BrN2O2/c1-2-15-10(14)8-5-13-9-7(8)3-6(11)4-12-9/h3-5H,2H2,1H3,(H,12,13). The van der Waals surface area contributed by atoms with E-state index in [0.29, 0.717) is 17.8 Å². The maximum absolute atomic E-state index is 11.5. The molecule has 15 heavy (non-hydrogen) atoms. The van der Waals surface area contributed by atoms with E-state index in [-0.39, 0.29) is 5.97 Å². The van der Waals surface area contributed by atoms with Crippen LogP contribution in [-0.2, 0) is 4.74 Å². The molecule has 78 valence electrons. The molecule has 0 saturated heterocycles. The molecule has 0 aliphatic heterocycles. The Kier molecular flexibility index (Phi) is 2.73. The molecule has 0 spiro atoms. The van der Waals surface area contributed by atoms with Crippen molar-refractivity contribution in [3.63, 3.8) is 0 Å². The summed E-state index contributed by atoms with van der Waals surface area (Å²) < 4.78 is 5.77. The van der Waals surface area contributed by atoms with Gasteiger partial charge in [0.25, 0.3) is 0 Å². The monoisotopic (exact) mass is 268 g/mol. The smallest absolute Gasteiger partial charge is 0.340 e. The second-order valence-corrected chi connectivity index (χ2v) is 3.89. The Hall–Kier alpha value is -1.36. The molecule has 0 unspecified atom stereocenters. The Bertz CT molecular complexity index is 507. The number of nitrogens with zero attached hydrogens (tertiary/aromatic N) is 1. The minimum Gasteiger partial charge on any atom is -0.462 e. The lowest BCUT2D eigenvalue weighted by Gasteiger charge is -1.99. The van der Waals surface area contributed by atoms with E-state index in [4.69, 9.17) is 4.74 Å². The maximum atomic E-state index is 11.5. The SMILES string of the molecule is CCOC(=O)c1c[nH]c2ncc(Br)cc12. The van der Waals surface area contributed by atoms with Gasteiger partial charge in [-0.25, -0.2) is 9.78 Å². The predicted octanol–water partition coefficient (Wildman–Crippen LogP) is 2.50. The Morgan fingerprint density at radius 1 is 1.67 bits per heavy atom. The third-order valence-electron chi connectivity index (χ3n) is 1.99. The molecule has 0 aliphatic rings. The molecule has 0 amide bonds. The Balaban J connectivity index is 2.52. The first-order chi connectivity index (χ1) is 7.22. The van der Waals surface area contributed by atoms with E-state index < -0.39 is 0 Å². The van der Waals surface area contributed by atoms with E-state index in [0.717, 1.165) is 9.86 Å². The van der Waals surface area contributed by atoms with Gasteiger partial charge in [0, 0.05) is 22.3 Å². The minimum atomic E-state index is -0.330. The zero-order valence-corrected chi connectivity index (χ0v) is 9.67. The number of carbonyl (C=O) groups is 1. The highest BCUT2D eigenvalue weighted by Crippen LogP contribution is 2.21. The molecule has 0 aromatic carbocycles. The molecule has 0 fully saturated rings. The topological polar surface area (TPSA) is 55.0 Å². The van der Waals surface area contributed by atoms with Crippen molar-refractivity contribution in [1.82, 2.24) is 9.97 Å². The van der Waals surface area contributed by atoms with Crippen molar-refractivity contribution in [2.75, 3.05) is 6.61 Å². The molecule has 0 atom stereocenters. The summed E-state index contributed by atoms with van der Waals surface area (Å²) in [5.74, 6) is -0.330. The van der Waals surface area contributed by atoms with Gasteiger partial charge in [0.05, 0.1) is 12.2 Å². The lowest BCUT2D eigenvalue weighted by atomic mass is 10.2. The van der Waals surface area contributed by atoms with Crippen LogP contribution in [0.2, 0.25) is 0 Å². The summed E-state index contributed by atoms with van der Waals surface area (Å²) in [6.07, 6.45) is 3.29. The van der Waals surface area contributed by atoms with Crippen molar-refractivity contribution in [2.45, 2.75) is 6.92 Å². The molecule has 0 bridgehead atoms. The highest BCUT2D eigenvalue weighted by atomic mass is 79.9. The Morgan fingerprint density at radius 3 is 3.20 bits per heavy atom. The number of aromatic amines is 1. The van der Waals surface area contributed by atoms with Crippen molar-refractivity contribution >= 4 is 32.9 Å². The summed E-state index contributed by atoms with van der Waals surface area (Å²) in [5.41, 5.74) is 1.20. The van der Waals surface area contributed by atoms with E-state index in [1.54, 1.807) is 19.3 Å². The van der Waals surface area contributed by atoms with Gasteiger partial charge in [-0.3, -0.25) is 0 Å². The molecule has 2 rings (SSSR count). The second-order valence-electron chi connectivity index (χ2n) is 2.97. The van der Waals surface area contributed by atoms with E-state index in [9.17, 15) is 4.79 Å². The third kappa shape index (κ3) is 1.87. The van der Waals surface area contributed by atoms with Gasteiger partial charge in [0.2, 0.25) is 0 Å². The number of pyridine rings is 1. The van der Waals surface area contributed by atoms with Crippen molar-refractivity contribution in [1.29, 1.82) is 0 Å². The molecule has 5 heteroatoms. The normalized spacial score (nSPS) is 10.5. The summed E-state index contributed by atoms with van der Waals surface area (Å²) in [6.45, 7) is 2.15. The van der Waals surface area contributed by atoms with Crippen molar-refractivity contribution in [3.8, 4) is 0 Å². The van der Waals surface area contributed by atoms with Crippen LogP contribution in [0.25, 0.3) is 11.0 Å². The predicted molar refractivity (Wildman–Crippen MR) is 59.8 cm³/mol. The lowest BCUT2D eigenvalue weighted by molar-refractivity contribution is 0.0529. The van der Waals surface area contributed by atoms with Crippen LogP contribution in [0.5, 0.6) is 0 Å². The molecule has 0 saturated carbocycles. The molecule has 2 aromatic heterocycles. The zero-order chi connectivity index (χ0) is 10.8. The zero-order valence-electron chi connectivity index (χ0n) is 8.08. The first-order valence-electron chi connectivity index (χ1n) is 4.52. The molecular weight excluding hydrogens is 260 g/mol. The summed E-state index contributed by atoms with van der Waals surface area (Å²) in [6, 6.07) is 1.84. The van der Waals surface area contributed by atoms with Crippen LogP contribution in [0.3, 0.4) is 0 Å².